The monoisotopic (exact) mass is 781 g/mol. The molecular weight excluding hydrogens is 746 g/mol. The van der Waals surface area contributed by atoms with Crippen LogP contribution in [0.1, 0.15) is 68.4 Å². The van der Waals surface area contributed by atoms with E-state index in [-0.39, 0.29) is 23.1 Å². The minimum absolute atomic E-state index is 0.0370. The highest BCUT2D eigenvalue weighted by molar-refractivity contribution is 6.35. The summed E-state index contributed by atoms with van der Waals surface area (Å²) in [5, 5.41) is 18.4. The number of aryl methyl sites for hydroxylation is 5. The molecule has 1 aliphatic heterocycles. The van der Waals surface area contributed by atoms with Crippen LogP contribution >= 0.6 is 23.2 Å². The Balaban J connectivity index is 1.38. The lowest BCUT2D eigenvalue weighted by Gasteiger charge is -2.35. The quantitative estimate of drug-likeness (QED) is 0.147. The van der Waals surface area contributed by atoms with E-state index >= 15 is 0 Å². The van der Waals surface area contributed by atoms with E-state index in [0.717, 1.165) is 62.2 Å². The van der Waals surface area contributed by atoms with Crippen LogP contribution in [0.2, 0.25) is 10.0 Å². The number of carbonyl (C=O) groups is 2. The fraction of sp³-hybridized carbons (Fsp3) is 0.308. The Hall–Kier alpha value is -5.14. The number of nitrogens with zero attached hydrogens (tertiary/aromatic N) is 5. The van der Waals surface area contributed by atoms with Crippen molar-refractivity contribution in [1.29, 1.82) is 0 Å². The van der Waals surface area contributed by atoms with E-state index in [4.69, 9.17) is 27.9 Å². The topological polar surface area (TPSA) is 104 Å². The van der Waals surface area contributed by atoms with E-state index < -0.39 is 30.0 Å². The van der Waals surface area contributed by atoms with Crippen LogP contribution in [0.5, 0.6) is 11.5 Å². The molecule has 0 spiro atoms. The summed E-state index contributed by atoms with van der Waals surface area (Å²) < 4.78 is 54.4. The normalized spacial score (nSPS) is 14.7. The number of benzene rings is 3. The molecule has 0 aliphatic carbocycles. The van der Waals surface area contributed by atoms with Crippen LogP contribution in [-0.4, -0.2) is 55.5 Å². The third kappa shape index (κ3) is 6.32. The number of carbonyl (C=O) groups excluding carboxylic acids is 1. The summed E-state index contributed by atoms with van der Waals surface area (Å²) in [6.45, 7) is 9.97. The maximum Gasteiger partial charge on any atom is 0.573 e. The highest BCUT2D eigenvalue weighted by Crippen LogP contribution is 2.45. The van der Waals surface area contributed by atoms with Gasteiger partial charge in [-0.25, -0.2) is 14.5 Å². The summed E-state index contributed by atoms with van der Waals surface area (Å²) in [5.41, 5.74) is 6.77. The van der Waals surface area contributed by atoms with E-state index in [1.165, 1.54) is 21.8 Å². The summed E-state index contributed by atoms with van der Waals surface area (Å²) in [4.78, 5) is 27.6. The number of ether oxygens (including phenoxy) is 2. The van der Waals surface area contributed by atoms with Gasteiger partial charge in [-0.3, -0.25) is 9.48 Å². The lowest BCUT2D eigenvalue weighted by molar-refractivity contribution is -0.274. The summed E-state index contributed by atoms with van der Waals surface area (Å²) in [7, 11) is 1.85. The second-order valence-corrected chi connectivity index (χ2v) is 14.4. The van der Waals surface area contributed by atoms with Gasteiger partial charge in [0.2, 0.25) is 0 Å². The van der Waals surface area contributed by atoms with Crippen molar-refractivity contribution >= 4 is 56.9 Å². The second kappa shape index (κ2) is 13.6. The first-order valence-electron chi connectivity index (χ1n) is 17.2. The maximum absolute atomic E-state index is 15.0. The van der Waals surface area contributed by atoms with Crippen molar-refractivity contribution in [3.8, 4) is 22.6 Å². The molecule has 15 heteroatoms. The SMILES string of the molecule is Cc1cc(OCCCc2c3n(c4c(-c5c(C)nn(C)c5C)c(Cl)ccc24)[C@H](C)CN(n2c(C(=O)O)cc4cc(OC(F)(F)F)ccc42)C3=O)cc(C)c1Cl. The number of carboxylic acid groups (broad SMARTS) is 1. The predicted molar refractivity (Wildman–Crippen MR) is 201 cm³/mol. The molecule has 0 saturated heterocycles. The average Bonchev–Trinajstić information content (AvgIpc) is 3.71. The van der Waals surface area contributed by atoms with Crippen LogP contribution in [0, 0.1) is 27.7 Å². The first kappa shape index (κ1) is 37.2. The zero-order chi connectivity index (χ0) is 39.0. The lowest BCUT2D eigenvalue weighted by Crippen LogP contribution is -2.49. The summed E-state index contributed by atoms with van der Waals surface area (Å²) in [5.74, 6) is -1.68. The van der Waals surface area contributed by atoms with E-state index in [9.17, 15) is 27.9 Å². The molecule has 1 aliphatic rings. The second-order valence-electron chi connectivity index (χ2n) is 13.7. The van der Waals surface area contributed by atoms with Crippen molar-refractivity contribution in [1.82, 2.24) is 19.0 Å². The molecule has 7 rings (SSSR count). The fourth-order valence-corrected chi connectivity index (χ4v) is 8.03. The van der Waals surface area contributed by atoms with E-state index in [1.807, 2.05) is 70.5 Å². The molecule has 0 unspecified atom stereocenters. The van der Waals surface area contributed by atoms with Crippen LogP contribution in [0.25, 0.3) is 32.9 Å². The van der Waals surface area contributed by atoms with Gasteiger partial charge in [0, 0.05) is 39.7 Å². The molecule has 6 aromatic rings. The smallest absolute Gasteiger partial charge is 0.494 e. The molecule has 4 heterocycles. The number of fused-ring (bicyclic) bond motifs is 4. The summed E-state index contributed by atoms with van der Waals surface area (Å²) in [6.07, 6.45) is -4.01. The zero-order valence-corrected chi connectivity index (χ0v) is 31.7. The Bertz CT molecular complexity index is 2500. The Morgan fingerprint density at radius 2 is 1.70 bits per heavy atom. The maximum atomic E-state index is 15.0. The minimum Gasteiger partial charge on any atom is -0.494 e. The standard InChI is InChI=1S/C39H36Cl2F3N5O5/c1-19-14-26(15-20(2)34(19)41)53-13-7-8-27-28-10-11-29(40)33(32-22(4)45-46(6)23(32)5)35(28)48-21(3)18-47(37(50)36(27)48)49-30-12-9-25(54-39(42,43)44)16-24(30)17-31(49)38(51)52/h9-12,14-17,21H,7-8,13,18H2,1-6H3,(H,51,52)/t21-/m1/s1. The van der Waals surface area contributed by atoms with Crippen molar-refractivity contribution in [3.63, 3.8) is 0 Å². The average molecular weight is 783 g/mol. The number of hydrogen-bond donors (Lipinski definition) is 1. The van der Waals surface area contributed by atoms with Crippen molar-refractivity contribution < 1.29 is 37.3 Å². The molecule has 0 radical (unpaired) electrons. The third-order valence-corrected chi connectivity index (χ3v) is 10.9. The molecule has 54 heavy (non-hydrogen) atoms. The van der Waals surface area contributed by atoms with Crippen LogP contribution < -0.4 is 14.5 Å². The molecule has 0 bridgehead atoms. The number of hydrogen-bond acceptors (Lipinski definition) is 5. The molecule has 3 aromatic heterocycles. The molecule has 3 aromatic carbocycles. The van der Waals surface area contributed by atoms with Crippen LogP contribution in [0.15, 0.2) is 48.5 Å². The number of amides is 1. The molecule has 282 valence electrons. The molecule has 1 N–H and O–H groups in total. The largest absolute Gasteiger partial charge is 0.573 e. The molecule has 1 amide bonds. The number of aromatic nitrogens is 4. The van der Waals surface area contributed by atoms with Crippen LogP contribution in [-0.2, 0) is 13.5 Å². The van der Waals surface area contributed by atoms with Crippen LogP contribution in [0.3, 0.4) is 0 Å². The molecule has 1 atom stereocenters. The Kier molecular flexibility index (Phi) is 9.38. The zero-order valence-electron chi connectivity index (χ0n) is 30.2. The molecule has 10 nitrogen and oxygen atoms in total. The minimum atomic E-state index is -4.94. The van der Waals surface area contributed by atoms with Crippen molar-refractivity contribution in [3.05, 3.63) is 98.0 Å². The van der Waals surface area contributed by atoms with Gasteiger partial charge in [0.05, 0.1) is 40.9 Å². The highest BCUT2D eigenvalue weighted by Gasteiger charge is 2.39. The summed E-state index contributed by atoms with van der Waals surface area (Å²) >= 11 is 13.4. The van der Waals surface area contributed by atoms with Gasteiger partial charge in [0.25, 0.3) is 5.91 Å². The number of halogens is 5. The first-order chi connectivity index (χ1) is 25.5. The first-order valence-corrected chi connectivity index (χ1v) is 17.9. The highest BCUT2D eigenvalue weighted by atomic mass is 35.5. The van der Waals surface area contributed by atoms with E-state index in [0.29, 0.717) is 40.9 Å². The van der Waals surface area contributed by atoms with Crippen molar-refractivity contribution in [2.45, 2.75) is 59.9 Å². The predicted octanol–water partition coefficient (Wildman–Crippen LogP) is 9.50. The van der Waals surface area contributed by atoms with Crippen molar-refractivity contribution in [2.75, 3.05) is 18.2 Å². The number of carboxylic acids is 1. The van der Waals surface area contributed by atoms with Gasteiger partial charge in [0.1, 0.15) is 22.9 Å². The lowest BCUT2D eigenvalue weighted by atomic mass is 9.98. The Labute approximate surface area is 318 Å². The van der Waals surface area contributed by atoms with E-state index in [2.05, 4.69) is 9.84 Å². The third-order valence-electron chi connectivity index (χ3n) is 9.99. The van der Waals surface area contributed by atoms with Gasteiger partial charge < -0.3 is 19.1 Å². The Morgan fingerprint density at radius 1 is 1.00 bits per heavy atom. The Morgan fingerprint density at radius 3 is 2.33 bits per heavy atom. The van der Waals surface area contributed by atoms with Gasteiger partial charge in [0.15, 0.2) is 0 Å². The number of rotatable bonds is 9. The van der Waals surface area contributed by atoms with Gasteiger partial charge in [-0.2, -0.15) is 5.10 Å². The van der Waals surface area contributed by atoms with Gasteiger partial charge in [-0.1, -0.05) is 29.3 Å². The van der Waals surface area contributed by atoms with Crippen molar-refractivity contribution in [2.24, 2.45) is 7.05 Å². The molecule has 0 saturated carbocycles. The van der Waals surface area contributed by atoms with Gasteiger partial charge in [-0.05, 0) is 107 Å². The molecular formula is C39H36Cl2F3N5O5. The molecule has 0 fully saturated rings. The number of alkyl halides is 3. The number of aromatic carboxylic acids is 1. The fourth-order valence-electron chi connectivity index (χ4n) is 7.67. The van der Waals surface area contributed by atoms with Gasteiger partial charge >= 0.3 is 12.3 Å². The summed E-state index contributed by atoms with van der Waals surface area (Å²) in [6, 6.07) is 11.8. The van der Waals surface area contributed by atoms with E-state index in [1.54, 1.807) is 4.68 Å². The van der Waals surface area contributed by atoms with Crippen LogP contribution in [0.4, 0.5) is 13.2 Å². The van der Waals surface area contributed by atoms with Gasteiger partial charge in [-0.15, -0.1) is 13.2 Å².